The van der Waals surface area contributed by atoms with Gasteiger partial charge in [-0.05, 0) is 43.7 Å². The molecular formula is C16H22BrClO3. The van der Waals surface area contributed by atoms with E-state index in [-0.39, 0.29) is 4.83 Å². The minimum absolute atomic E-state index is 0.220. The fraction of sp³-hybridized carbons (Fsp3) is 0.625. The SMILES string of the molecule is CCOC1CC(CC(Br)c2cc(OC)c(OC)cc2Cl)C1. The Labute approximate surface area is 140 Å². The number of ether oxygens (including phenoxy) is 3. The molecule has 0 aromatic heterocycles. The summed E-state index contributed by atoms with van der Waals surface area (Å²) in [5.41, 5.74) is 1.05. The monoisotopic (exact) mass is 376 g/mol. The summed E-state index contributed by atoms with van der Waals surface area (Å²) in [4.78, 5) is 0.220. The normalized spacial score (nSPS) is 22.5. The van der Waals surface area contributed by atoms with E-state index in [1.54, 1.807) is 14.2 Å². The Bertz CT molecular complexity index is 475. The second-order valence-electron chi connectivity index (χ2n) is 5.35. The van der Waals surface area contributed by atoms with Crippen molar-refractivity contribution >= 4 is 27.5 Å². The Morgan fingerprint density at radius 2 is 1.86 bits per heavy atom. The van der Waals surface area contributed by atoms with Gasteiger partial charge in [-0.25, -0.2) is 0 Å². The van der Waals surface area contributed by atoms with E-state index in [9.17, 15) is 0 Å². The lowest BCUT2D eigenvalue weighted by Gasteiger charge is -2.36. The van der Waals surface area contributed by atoms with Gasteiger partial charge < -0.3 is 14.2 Å². The molecule has 1 saturated carbocycles. The van der Waals surface area contributed by atoms with Crippen molar-refractivity contribution in [1.82, 2.24) is 0 Å². The Kier molecular flexibility index (Phi) is 6.20. The first-order valence-electron chi connectivity index (χ1n) is 7.26. The van der Waals surface area contributed by atoms with Gasteiger partial charge in [0.1, 0.15) is 0 Å². The molecule has 1 aliphatic rings. The molecule has 5 heteroatoms. The first kappa shape index (κ1) is 16.9. The van der Waals surface area contributed by atoms with Crippen molar-refractivity contribution in [1.29, 1.82) is 0 Å². The maximum Gasteiger partial charge on any atom is 0.162 e. The van der Waals surface area contributed by atoms with Crippen LogP contribution in [0.5, 0.6) is 11.5 Å². The Morgan fingerprint density at radius 1 is 1.24 bits per heavy atom. The highest BCUT2D eigenvalue weighted by atomic mass is 79.9. The first-order chi connectivity index (χ1) is 10.1. The van der Waals surface area contributed by atoms with Crippen LogP contribution in [0.2, 0.25) is 5.02 Å². The summed E-state index contributed by atoms with van der Waals surface area (Å²) in [5.74, 6) is 2.06. The molecule has 1 aliphatic carbocycles. The largest absolute Gasteiger partial charge is 0.493 e. The summed E-state index contributed by atoms with van der Waals surface area (Å²) in [7, 11) is 3.25. The quantitative estimate of drug-likeness (QED) is 0.626. The number of rotatable bonds is 7. The van der Waals surface area contributed by atoms with Crippen LogP contribution in [0, 0.1) is 5.92 Å². The highest BCUT2D eigenvalue weighted by Crippen LogP contribution is 2.44. The third kappa shape index (κ3) is 4.05. The zero-order chi connectivity index (χ0) is 15.4. The van der Waals surface area contributed by atoms with Crippen molar-refractivity contribution in [2.45, 2.75) is 37.1 Å². The van der Waals surface area contributed by atoms with Crippen LogP contribution in [0.1, 0.15) is 36.6 Å². The van der Waals surface area contributed by atoms with Crippen molar-refractivity contribution in [3.8, 4) is 11.5 Å². The van der Waals surface area contributed by atoms with Crippen molar-refractivity contribution in [3.05, 3.63) is 22.7 Å². The second kappa shape index (κ2) is 7.70. The molecule has 0 bridgehead atoms. The minimum Gasteiger partial charge on any atom is -0.493 e. The smallest absolute Gasteiger partial charge is 0.162 e. The predicted octanol–water partition coefficient (Wildman–Crippen LogP) is 5.00. The van der Waals surface area contributed by atoms with Crippen LogP contribution >= 0.6 is 27.5 Å². The Hall–Kier alpha value is -0.450. The van der Waals surface area contributed by atoms with Crippen LogP contribution < -0.4 is 9.47 Å². The fourth-order valence-electron chi connectivity index (χ4n) is 2.77. The summed E-state index contributed by atoms with van der Waals surface area (Å²) in [6.45, 7) is 2.85. The van der Waals surface area contributed by atoms with Gasteiger partial charge in [0.15, 0.2) is 11.5 Å². The van der Waals surface area contributed by atoms with Crippen LogP contribution in [0.3, 0.4) is 0 Å². The highest BCUT2D eigenvalue weighted by molar-refractivity contribution is 9.09. The van der Waals surface area contributed by atoms with Crippen LogP contribution in [0.4, 0.5) is 0 Å². The molecule has 118 valence electrons. The van der Waals surface area contributed by atoms with E-state index < -0.39 is 0 Å². The van der Waals surface area contributed by atoms with Gasteiger partial charge in [-0.2, -0.15) is 0 Å². The van der Waals surface area contributed by atoms with Crippen LogP contribution in [-0.4, -0.2) is 26.9 Å². The van der Waals surface area contributed by atoms with E-state index in [4.69, 9.17) is 25.8 Å². The van der Waals surface area contributed by atoms with Gasteiger partial charge >= 0.3 is 0 Å². The lowest BCUT2D eigenvalue weighted by Crippen LogP contribution is -2.31. The average molecular weight is 378 g/mol. The second-order valence-corrected chi connectivity index (χ2v) is 6.86. The lowest BCUT2D eigenvalue weighted by atomic mass is 9.78. The van der Waals surface area contributed by atoms with Gasteiger partial charge in [-0.3, -0.25) is 0 Å². The van der Waals surface area contributed by atoms with E-state index in [2.05, 4.69) is 15.9 Å². The number of halogens is 2. The molecule has 0 radical (unpaired) electrons. The van der Waals surface area contributed by atoms with E-state index in [1.165, 1.54) is 0 Å². The van der Waals surface area contributed by atoms with Crippen LogP contribution in [0.25, 0.3) is 0 Å². The molecule has 1 aromatic carbocycles. The number of hydrogen-bond donors (Lipinski definition) is 0. The van der Waals surface area contributed by atoms with Gasteiger partial charge in [0.05, 0.1) is 20.3 Å². The average Bonchev–Trinajstić information content (AvgIpc) is 2.44. The molecule has 0 N–H and O–H groups in total. The van der Waals surface area contributed by atoms with Crippen molar-refractivity contribution in [2.24, 2.45) is 5.92 Å². The molecule has 1 atom stereocenters. The van der Waals surface area contributed by atoms with Gasteiger partial charge in [0.2, 0.25) is 0 Å². The third-order valence-electron chi connectivity index (χ3n) is 3.98. The number of alkyl halides is 1. The van der Waals surface area contributed by atoms with Crippen LogP contribution in [-0.2, 0) is 4.74 Å². The summed E-state index contributed by atoms with van der Waals surface area (Å²) in [5, 5.41) is 0.704. The van der Waals surface area contributed by atoms with E-state index >= 15 is 0 Å². The lowest BCUT2D eigenvalue weighted by molar-refractivity contribution is -0.0264. The topological polar surface area (TPSA) is 27.7 Å². The zero-order valence-electron chi connectivity index (χ0n) is 12.7. The standard InChI is InChI=1S/C16H22BrClO3/c1-4-21-11-5-10(6-11)7-13(17)12-8-15(19-2)16(20-3)9-14(12)18/h8-11,13H,4-7H2,1-3H3. The maximum absolute atomic E-state index is 6.36. The molecule has 0 saturated heterocycles. The number of benzene rings is 1. The molecule has 2 rings (SSSR count). The van der Waals surface area contributed by atoms with Crippen molar-refractivity contribution in [2.75, 3.05) is 20.8 Å². The van der Waals surface area contributed by atoms with Crippen molar-refractivity contribution in [3.63, 3.8) is 0 Å². The van der Waals surface area contributed by atoms with Crippen molar-refractivity contribution < 1.29 is 14.2 Å². The van der Waals surface area contributed by atoms with Gasteiger partial charge in [-0.15, -0.1) is 0 Å². The van der Waals surface area contributed by atoms with Gasteiger partial charge in [-0.1, -0.05) is 27.5 Å². The third-order valence-corrected chi connectivity index (χ3v) is 5.17. The van der Waals surface area contributed by atoms with Gasteiger partial charge in [0.25, 0.3) is 0 Å². The highest BCUT2D eigenvalue weighted by Gasteiger charge is 2.31. The maximum atomic E-state index is 6.36. The van der Waals surface area contributed by atoms with E-state index in [1.807, 2.05) is 19.1 Å². The molecule has 21 heavy (non-hydrogen) atoms. The number of methoxy groups -OCH3 is 2. The Balaban J connectivity index is 2.01. The fourth-order valence-corrected chi connectivity index (χ4v) is 4.09. The predicted molar refractivity (Wildman–Crippen MR) is 89.0 cm³/mol. The van der Waals surface area contributed by atoms with Crippen LogP contribution in [0.15, 0.2) is 12.1 Å². The van der Waals surface area contributed by atoms with Gasteiger partial charge in [0, 0.05) is 22.5 Å². The molecule has 1 fully saturated rings. The molecule has 0 aliphatic heterocycles. The summed E-state index contributed by atoms with van der Waals surface area (Å²) >= 11 is 10.1. The molecule has 0 amide bonds. The molecule has 3 nitrogen and oxygen atoms in total. The summed E-state index contributed by atoms with van der Waals surface area (Å²) in [6.07, 6.45) is 3.78. The summed E-state index contributed by atoms with van der Waals surface area (Å²) < 4.78 is 16.2. The Morgan fingerprint density at radius 3 is 2.43 bits per heavy atom. The molecular weight excluding hydrogens is 356 g/mol. The number of hydrogen-bond acceptors (Lipinski definition) is 3. The molecule has 0 heterocycles. The molecule has 1 unspecified atom stereocenters. The van der Waals surface area contributed by atoms with E-state index in [0.29, 0.717) is 28.5 Å². The zero-order valence-corrected chi connectivity index (χ0v) is 15.0. The first-order valence-corrected chi connectivity index (χ1v) is 8.55. The molecule has 1 aromatic rings. The molecule has 0 spiro atoms. The van der Waals surface area contributed by atoms with E-state index in [0.717, 1.165) is 31.4 Å². The minimum atomic E-state index is 0.220. The summed E-state index contributed by atoms with van der Waals surface area (Å²) in [6, 6.07) is 3.77.